The Kier molecular flexibility index (Phi) is 12.1. The van der Waals surface area contributed by atoms with Crippen molar-refractivity contribution in [3.05, 3.63) is 106 Å². The van der Waals surface area contributed by atoms with Crippen molar-refractivity contribution in [1.29, 1.82) is 0 Å². The molecule has 1 aliphatic carbocycles. The summed E-state index contributed by atoms with van der Waals surface area (Å²) < 4.78 is 53.8. The van der Waals surface area contributed by atoms with E-state index in [9.17, 15) is 23.3 Å². The van der Waals surface area contributed by atoms with E-state index < -0.39 is 31.4 Å². The van der Waals surface area contributed by atoms with Gasteiger partial charge in [-0.15, -0.1) is 0 Å². The van der Waals surface area contributed by atoms with Crippen molar-refractivity contribution in [1.82, 2.24) is 24.5 Å². The maximum Gasteiger partial charge on any atom is 0.297 e. The number of nitro benzene ring substituents is 1. The number of carbonyl (C=O) groups excluding carboxylic acids is 1. The van der Waals surface area contributed by atoms with E-state index in [1.165, 1.54) is 23.4 Å². The number of hydrogen-bond acceptors (Lipinski definition) is 14. The molecule has 0 radical (unpaired) electrons. The molecule has 4 aliphatic heterocycles. The molecule has 5 aliphatic rings. The molecule has 3 aromatic carbocycles. The number of fused-ring (bicyclic) bond motifs is 2. The molecular formula is C48H56N8O9S. The smallest absolute Gasteiger partial charge is 0.297 e. The number of benzene rings is 3. The summed E-state index contributed by atoms with van der Waals surface area (Å²) in [6.07, 6.45) is 7.62. The van der Waals surface area contributed by atoms with Gasteiger partial charge in [-0.1, -0.05) is 38.1 Å². The van der Waals surface area contributed by atoms with Gasteiger partial charge in [-0.3, -0.25) is 24.7 Å². The van der Waals surface area contributed by atoms with Gasteiger partial charge < -0.3 is 34.1 Å². The van der Waals surface area contributed by atoms with E-state index in [0.29, 0.717) is 49.7 Å². The minimum atomic E-state index is -4.65. The van der Waals surface area contributed by atoms with Gasteiger partial charge in [-0.05, 0) is 72.4 Å². The summed E-state index contributed by atoms with van der Waals surface area (Å²) in [5.41, 5.74) is 4.09. The Morgan fingerprint density at radius 3 is 2.56 bits per heavy atom. The predicted molar refractivity (Wildman–Crippen MR) is 248 cm³/mol. The number of amides is 1. The monoisotopic (exact) mass is 920 g/mol. The highest BCUT2D eigenvalue weighted by atomic mass is 32.2. The number of nitrogens with one attached hydrogen (secondary N) is 3. The standard InChI is InChI=1S/C48H56N8O9S/c1-31(2)38-5-3-4-6-39(38)42-30-63-20-17-55(42)35-25-48(26-35)10-13-54(14-11-48)34-7-8-40(43(22-34)65-36-21-32-9-12-49-46(32)50-27-36)47(57)52-66(60,61)37-23-41(56(58)59)45-44(24-37)64-29-33(51-45)28-53-15-18-62-19-16-53/h3-9,12,21-24,27,31,33,35,42,51H,10-11,13-20,25-26,28-30H2,1-2H3,(H,49,50)(H,52,57)/t33-,42-/m1/s1. The van der Waals surface area contributed by atoms with Crippen LogP contribution in [0.4, 0.5) is 17.1 Å². The van der Waals surface area contributed by atoms with E-state index in [-0.39, 0.29) is 46.9 Å². The fourth-order valence-electron chi connectivity index (χ4n) is 10.6. The lowest BCUT2D eigenvalue weighted by Crippen LogP contribution is -2.58. The van der Waals surface area contributed by atoms with Crippen LogP contribution in [-0.2, 0) is 19.5 Å². The second-order valence-electron chi connectivity index (χ2n) is 18.6. The van der Waals surface area contributed by atoms with E-state index in [1.807, 2.05) is 12.1 Å². The average Bonchev–Trinajstić information content (AvgIpc) is 3.79. The second-order valence-corrected chi connectivity index (χ2v) is 20.3. The SMILES string of the molecule is CC(C)c1ccccc1[C@H]1COCCN1C1CC2(CCN(c3ccc(C(=O)NS(=O)(=O)c4cc5c(c([N+](=O)[O-])c4)N[C@H](CN4CCOCC4)CO5)c(Oc4cnc5[nH]ccc5c4)c3)CC2)C1. The molecule has 2 atom stereocenters. The molecule has 1 spiro atoms. The van der Waals surface area contributed by atoms with Crippen molar-refractivity contribution < 1.29 is 37.1 Å². The molecule has 0 bridgehead atoms. The van der Waals surface area contributed by atoms with Crippen LogP contribution in [0.2, 0.25) is 0 Å². The third-order valence-corrected chi connectivity index (χ3v) is 15.4. The molecule has 66 heavy (non-hydrogen) atoms. The van der Waals surface area contributed by atoms with Crippen LogP contribution in [-0.4, -0.2) is 123 Å². The van der Waals surface area contributed by atoms with Crippen molar-refractivity contribution in [2.75, 3.05) is 82.5 Å². The summed E-state index contributed by atoms with van der Waals surface area (Å²) in [5.74, 6) is -0.0318. The lowest BCUT2D eigenvalue weighted by molar-refractivity contribution is -0.384. The quantitative estimate of drug-likeness (QED) is 0.0871. The van der Waals surface area contributed by atoms with Crippen molar-refractivity contribution in [3.63, 3.8) is 0 Å². The molecular weight excluding hydrogens is 865 g/mol. The van der Waals surface area contributed by atoms with Crippen LogP contribution in [0.5, 0.6) is 17.2 Å². The minimum absolute atomic E-state index is 0.00899. The largest absolute Gasteiger partial charge is 0.489 e. The number of carbonyl (C=O) groups is 1. The fourth-order valence-corrected chi connectivity index (χ4v) is 11.6. The molecule has 10 rings (SSSR count). The topological polar surface area (TPSA) is 194 Å². The first kappa shape index (κ1) is 44.1. The van der Waals surface area contributed by atoms with Crippen LogP contribution in [0.1, 0.15) is 73.0 Å². The molecule has 4 fully saturated rings. The molecule has 6 heterocycles. The summed E-state index contributed by atoms with van der Waals surface area (Å²) in [7, 11) is -4.65. The number of piperidine rings is 1. The van der Waals surface area contributed by atoms with Gasteiger partial charge in [0.05, 0.1) is 60.1 Å². The maximum absolute atomic E-state index is 14.1. The maximum atomic E-state index is 14.1. The summed E-state index contributed by atoms with van der Waals surface area (Å²) in [5, 5.41) is 16.3. The summed E-state index contributed by atoms with van der Waals surface area (Å²) in [6.45, 7) is 11.9. The number of ether oxygens (including phenoxy) is 4. The molecule has 18 heteroatoms. The van der Waals surface area contributed by atoms with Crippen LogP contribution in [0.3, 0.4) is 0 Å². The Hall–Kier alpha value is -5.79. The fraction of sp³-hybridized carbons (Fsp3) is 0.458. The van der Waals surface area contributed by atoms with Crippen molar-refractivity contribution in [3.8, 4) is 17.2 Å². The molecule has 3 N–H and O–H groups in total. The first-order valence-electron chi connectivity index (χ1n) is 22.9. The van der Waals surface area contributed by atoms with Gasteiger partial charge in [0.1, 0.15) is 23.8 Å². The third-order valence-electron chi connectivity index (χ3n) is 14.1. The normalized spacial score (nSPS) is 21.5. The zero-order valence-corrected chi connectivity index (χ0v) is 38.1. The number of nitro groups is 1. The van der Waals surface area contributed by atoms with Crippen molar-refractivity contribution >= 4 is 44.0 Å². The second kappa shape index (κ2) is 18.1. The Bertz CT molecular complexity index is 2730. The summed E-state index contributed by atoms with van der Waals surface area (Å²) in [6, 6.07) is 20.2. The van der Waals surface area contributed by atoms with Crippen LogP contribution in [0.15, 0.2) is 84.0 Å². The molecule has 2 aromatic heterocycles. The first-order valence-corrected chi connectivity index (χ1v) is 24.4. The molecule has 348 valence electrons. The Labute approximate surface area is 383 Å². The highest BCUT2D eigenvalue weighted by Crippen LogP contribution is 2.53. The van der Waals surface area contributed by atoms with Gasteiger partial charge in [-0.2, -0.15) is 0 Å². The number of rotatable bonds is 12. The number of aromatic amines is 1. The number of hydrogen-bond donors (Lipinski definition) is 3. The number of morpholine rings is 2. The number of anilines is 2. The summed E-state index contributed by atoms with van der Waals surface area (Å²) in [4.78, 5) is 39.9. The highest BCUT2D eigenvalue weighted by Gasteiger charge is 2.50. The number of H-pyrrole nitrogens is 1. The lowest BCUT2D eigenvalue weighted by Gasteiger charge is -2.57. The van der Waals surface area contributed by atoms with Gasteiger partial charge in [-0.25, -0.2) is 18.1 Å². The van der Waals surface area contributed by atoms with E-state index in [2.05, 4.69) is 72.8 Å². The van der Waals surface area contributed by atoms with Crippen LogP contribution >= 0.6 is 0 Å². The van der Waals surface area contributed by atoms with Gasteiger partial charge in [0.15, 0.2) is 11.4 Å². The number of pyridine rings is 1. The van der Waals surface area contributed by atoms with Crippen LogP contribution < -0.4 is 24.4 Å². The Morgan fingerprint density at radius 2 is 1.77 bits per heavy atom. The van der Waals surface area contributed by atoms with Gasteiger partial charge in [0.2, 0.25) is 0 Å². The van der Waals surface area contributed by atoms with E-state index >= 15 is 0 Å². The zero-order valence-electron chi connectivity index (χ0n) is 37.2. The average molecular weight is 921 g/mol. The molecule has 0 unspecified atom stereocenters. The van der Waals surface area contributed by atoms with Gasteiger partial charge in [0, 0.05) is 80.8 Å². The Balaban J connectivity index is 0.854. The van der Waals surface area contributed by atoms with Gasteiger partial charge >= 0.3 is 0 Å². The number of aromatic nitrogens is 2. The number of sulfonamides is 1. The first-order chi connectivity index (χ1) is 31.9. The van der Waals surface area contributed by atoms with Gasteiger partial charge in [0.25, 0.3) is 21.6 Å². The molecule has 3 saturated heterocycles. The molecule has 1 saturated carbocycles. The third kappa shape index (κ3) is 8.91. The lowest BCUT2D eigenvalue weighted by atomic mass is 9.59. The minimum Gasteiger partial charge on any atom is -0.489 e. The summed E-state index contributed by atoms with van der Waals surface area (Å²) >= 11 is 0. The molecule has 1 amide bonds. The van der Waals surface area contributed by atoms with E-state index in [1.54, 1.807) is 24.4 Å². The van der Waals surface area contributed by atoms with Crippen molar-refractivity contribution in [2.24, 2.45) is 5.41 Å². The number of nitrogens with zero attached hydrogens (tertiary/aromatic N) is 5. The molecule has 5 aromatic rings. The van der Waals surface area contributed by atoms with Crippen LogP contribution in [0.25, 0.3) is 11.0 Å². The van der Waals surface area contributed by atoms with Crippen LogP contribution in [0, 0.1) is 15.5 Å². The van der Waals surface area contributed by atoms with E-state index in [4.69, 9.17) is 18.9 Å². The predicted octanol–water partition coefficient (Wildman–Crippen LogP) is 6.83. The molecule has 17 nitrogen and oxygen atoms in total. The zero-order chi connectivity index (χ0) is 45.6. The Morgan fingerprint density at radius 1 is 0.985 bits per heavy atom. The van der Waals surface area contributed by atoms with E-state index in [0.717, 1.165) is 82.2 Å². The van der Waals surface area contributed by atoms with Crippen molar-refractivity contribution in [2.45, 2.75) is 68.5 Å². The highest BCUT2D eigenvalue weighted by molar-refractivity contribution is 7.90.